The number of anilines is 1. The third-order valence-corrected chi connectivity index (χ3v) is 3.38. The van der Waals surface area contributed by atoms with Crippen LogP contribution in [0.3, 0.4) is 0 Å². The maximum Gasteiger partial charge on any atom is 0.280 e. The Labute approximate surface area is 108 Å². The summed E-state index contributed by atoms with van der Waals surface area (Å²) in [5.74, 6) is 0.237. The summed E-state index contributed by atoms with van der Waals surface area (Å²) in [6.07, 6.45) is 1.78. The molecule has 1 aliphatic heterocycles. The van der Waals surface area contributed by atoms with E-state index in [0.717, 1.165) is 6.42 Å². The molecule has 102 valence electrons. The zero-order valence-corrected chi connectivity index (χ0v) is 10.4. The van der Waals surface area contributed by atoms with Gasteiger partial charge in [-0.2, -0.15) is 4.98 Å². The standard InChI is InChI=1S/C11H15N5O3/c1-5-2-6(3-17)19-10(5)16-4-13-7-8(16)14-11(12)15-9(7)18/h4-6,10,17H,2-3H2,1H3,(H3,12,14,15,18)/t5?,6-,10+/m0/s1. The van der Waals surface area contributed by atoms with Crippen molar-refractivity contribution in [1.29, 1.82) is 0 Å². The van der Waals surface area contributed by atoms with Crippen molar-refractivity contribution in [1.82, 2.24) is 19.5 Å². The van der Waals surface area contributed by atoms with Crippen LogP contribution in [0.1, 0.15) is 19.6 Å². The second-order valence-corrected chi connectivity index (χ2v) is 4.82. The number of nitrogens with one attached hydrogen (secondary N) is 1. The Bertz CT molecular complexity index is 664. The summed E-state index contributed by atoms with van der Waals surface area (Å²) < 4.78 is 7.43. The van der Waals surface area contributed by atoms with Gasteiger partial charge >= 0.3 is 0 Å². The Morgan fingerprint density at radius 3 is 3.16 bits per heavy atom. The number of nitrogens with two attached hydrogens (primary N) is 1. The van der Waals surface area contributed by atoms with E-state index in [1.165, 1.54) is 6.33 Å². The quantitative estimate of drug-likeness (QED) is 0.680. The van der Waals surface area contributed by atoms with E-state index in [4.69, 9.17) is 15.6 Å². The Balaban J connectivity index is 2.09. The molecule has 0 aliphatic carbocycles. The fourth-order valence-corrected chi connectivity index (χ4v) is 2.50. The molecule has 4 N–H and O–H groups in total. The van der Waals surface area contributed by atoms with Crippen LogP contribution in [0.4, 0.5) is 5.95 Å². The van der Waals surface area contributed by atoms with Gasteiger partial charge in [-0.25, -0.2) is 4.98 Å². The lowest BCUT2D eigenvalue weighted by Crippen LogP contribution is -2.17. The third-order valence-electron chi connectivity index (χ3n) is 3.38. The number of aromatic nitrogens is 4. The molecule has 0 saturated carbocycles. The molecule has 0 bridgehead atoms. The van der Waals surface area contributed by atoms with E-state index in [1.807, 2.05) is 6.92 Å². The zero-order chi connectivity index (χ0) is 13.6. The van der Waals surface area contributed by atoms with E-state index in [-0.39, 0.29) is 41.9 Å². The van der Waals surface area contributed by atoms with E-state index in [9.17, 15) is 4.79 Å². The van der Waals surface area contributed by atoms with Gasteiger partial charge in [-0.3, -0.25) is 14.3 Å². The lowest BCUT2D eigenvalue weighted by atomic mass is 10.1. The van der Waals surface area contributed by atoms with Crippen LogP contribution in [0, 0.1) is 5.92 Å². The summed E-state index contributed by atoms with van der Waals surface area (Å²) in [4.78, 5) is 22.3. The number of hydrogen-bond donors (Lipinski definition) is 3. The first-order valence-electron chi connectivity index (χ1n) is 6.08. The second-order valence-electron chi connectivity index (χ2n) is 4.82. The van der Waals surface area contributed by atoms with Crippen LogP contribution in [0.2, 0.25) is 0 Å². The molecule has 0 amide bonds. The fourth-order valence-electron chi connectivity index (χ4n) is 2.50. The maximum atomic E-state index is 11.7. The number of aliphatic hydroxyl groups excluding tert-OH is 1. The van der Waals surface area contributed by atoms with Gasteiger partial charge in [-0.1, -0.05) is 6.92 Å². The molecule has 8 heteroatoms. The lowest BCUT2D eigenvalue weighted by molar-refractivity contribution is -0.0294. The van der Waals surface area contributed by atoms with Gasteiger partial charge < -0.3 is 15.6 Å². The van der Waals surface area contributed by atoms with Crippen LogP contribution in [-0.2, 0) is 4.74 Å². The molecule has 0 radical (unpaired) electrons. The van der Waals surface area contributed by atoms with Gasteiger partial charge in [0, 0.05) is 5.92 Å². The Hall–Kier alpha value is -1.93. The number of aromatic amines is 1. The highest BCUT2D eigenvalue weighted by Crippen LogP contribution is 2.34. The Morgan fingerprint density at radius 2 is 2.47 bits per heavy atom. The monoisotopic (exact) mass is 265 g/mol. The van der Waals surface area contributed by atoms with Gasteiger partial charge in [-0.05, 0) is 6.42 Å². The first kappa shape index (κ1) is 12.1. The minimum Gasteiger partial charge on any atom is -0.394 e. The van der Waals surface area contributed by atoms with Gasteiger partial charge in [0.2, 0.25) is 5.95 Å². The number of fused-ring (bicyclic) bond motifs is 1. The zero-order valence-electron chi connectivity index (χ0n) is 10.4. The van der Waals surface area contributed by atoms with Crippen LogP contribution in [0.15, 0.2) is 11.1 Å². The fraction of sp³-hybridized carbons (Fsp3) is 0.545. The van der Waals surface area contributed by atoms with Crippen LogP contribution >= 0.6 is 0 Å². The highest BCUT2D eigenvalue weighted by Gasteiger charge is 2.34. The summed E-state index contributed by atoms with van der Waals surface area (Å²) in [6.45, 7) is 1.99. The summed E-state index contributed by atoms with van der Waals surface area (Å²) in [7, 11) is 0. The number of rotatable bonds is 2. The summed E-state index contributed by atoms with van der Waals surface area (Å²) in [5.41, 5.74) is 5.81. The minimum atomic E-state index is -0.370. The van der Waals surface area contributed by atoms with Crippen molar-refractivity contribution in [2.75, 3.05) is 12.3 Å². The van der Waals surface area contributed by atoms with E-state index in [0.29, 0.717) is 5.65 Å². The molecule has 1 unspecified atom stereocenters. The topological polar surface area (TPSA) is 119 Å². The highest BCUT2D eigenvalue weighted by molar-refractivity contribution is 5.70. The second kappa shape index (κ2) is 4.32. The summed E-state index contributed by atoms with van der Waals surface area (Å²) >= 11 is 0. The Kier molecular flexibility index (Phi) is 2.76. The SMILES string of the molecule is CC1C[C@@H](CO)O[C@H]1n1cnc2c(=O)[nH]c(N)nc21. The maximum absolute atomic E-state index is 11.7. The van der Waals surface area contributed by atoms with E-state index >= 15 is 0 Å². The van der Waals surface area contributed by atoms with Crippen LogP contribution in [0.25, 0.3) is 11.2 Å². The summed E-state index contributed by atoms with van der Waals surface area (Å²) in [5, 5.41) is 9.16. The van der Waals surface area contributed by atoms with Gasteiger partial charge in [0.15, 0.2) is 11.2 Å². The molecule has 1 saturated heterocycles. The van der Waals surface area contributed by atoms with Crippen molar-refractivity contribution >= 4 is 17.1 Å². The van der Waals surface area contributed by atoms with E-state index < -0.39 is 0 Å². The number of nitrogens with zero attached hydrogens (tertiary/aromatic N) is 3. The van der Waals surface area contributed by atoms with Gasteiger partial charge in [-0.15, -0.1) is 0 Å². The minimum absolute atomic E-state index is 0.0242. The van der Waals surface area contributed by atoms with E-state index in [1.54, 1.807) is 4.57 Å². The average molecular weight is 265 g/mol. The molecule has 3 heterocycles. The molecular weight excluding hydrogens is 250 g/mol. The number of H-pyrrole nitrogens is 1. The van der Waals surface area contributed by atoms with E-state index in [2.05, 4.69) is 15.0 Å². The Morgan fingerprint density at radius 1 is 1.68 bits per heavy atom. The molecule has 1 aliphatic rings. The number of imidazole rings is 1. The van der Waals surface area contributed by atoms with Crippen molar-refractivity contribution in [3.63, 3.8) is 0 Å². The lowest BCUT2D eigenvalue weighted by Gasteiger charge is -2.17. The summed E-state index contributed by atoms with van der Waals surface area (Å²) in [6, 6.07) is 0. The number of ether oxygens (including phenoxy) is 1. The largest absolute Gasteiger partial charge is 0.394 e. The highest BCUT2D eigenvalue weighted by atomic mass is 16.5. The molecule has 0 spiro atoms. The molecule has 8 nitrogen and oxygen atoms in total. The molecule has 0 aromatic carbocycles. The first-order chi connectivity index (χ1) is 9.10. The predicted octanol–water partition coefficient (Wildman–Crippen LogP) is -0.382. The molecule has 19 heavy (non-hydrogen) atoms. The molecule has 2 aromatic heterocycles. The normalized spacial score (nSPS) is 27.2. The molecule has 1 fully saturated rings. The van der Waals surface area contributed by atoms with Crippen LogP contribution in [0.5, 0.6) is 0 Å². The smallest absolute Gasteiger partial charge is 0.280 e. The van der Waals surface area contributed by atoms with Crippen molar-refractivity contribution in [2.45, 2.75) is 25.7 Å². The predicted molar refractivity (Wildman–Crippen MR) is 67.3 cm³/mol. The van der Waals surface area contributed by atoms with Crippen LogP contribution in [-0.4, -0.2) is 37.3 Å². The van der Waals surface area contributed by atoms with Crippen LogP contribution < -0.4 is 11.3 Å². The van der Waals surface area contributed by atoms with Gasteiger partial charge in [0.25, 0.3) is 5.56 Å². The van der Waals surface area contributed by atoms with Crippen molar-refractivity contribution in [2.24, 2.45) is 5.92 Å². The molecule has 3 rings (SSSR count). The molecular formula is C11H15N5O3. The van der Waals surface area contributed by atoms with Crippen molar-refractivity contribution in [3.05, 3.63) is 16.7 Å². The van der Waals surface area contributed by atoms with Gasteiger partial charge in [0.05, 0.1) is 19.0 Å². The van der Waals surface area contributed by atoms with Crippen molar-refractivity contribution in [3.8, 4) is 0 Å². The van der Waals surface area contributed by atoms with Crippen molar-refractivity contribution < 1.29 is 9.84 Å². The molecule has 2 aromatic rings. The molecule has 3 atom stereocenters. The number of nitrogen functional groups attached to an aromatic ring is 1. The number of hydrogen-bond acceptors (Lipinski definition) is 6. The first-order valence-corrected chi connectivity index (χ1v) is 6.08. The average Bonchev–Trinajstić information content (AvgIpc) is 2.92. The third kappa shape index (κ3) is 1.89. The van der Waals surface area contributed by atoms with Gasteiger partial charge in [0.1, 0.15) is 6.23 Å². The number of aliphatic hydroxyl groups is 1.